The molecule has 2 saturated carbocycles. The second-order valence-corrected chi connectivity index (χ2v) is 11.8. The SMILES string of the molecule is Cc1ccc(Cl)cc1N1CCN(C[C@@H]2C(=O)O[C@@H]3C[C@@]4(C)CCC[C@]5(CO5)[C@H]4C[C@@H]23)CC1. The molecule has 1 spiro atoms. The third kappa shape index (κ3) is 3.47. The summed E-state index contributed by atoms with van der Waals surface area (Å²) < 4.78 is 12.1. The van der Waals surface area contributed by atoms with E-state index in [1.807, 2.05) is 6.07 Å². The molecule has 3 aliphatic heterocycles. The van der Waals surface area contributed by atoms with Crippen LogP contribution in [0.4, 0.5) is 5.69 Å². The van der Waals surface area contributed by atoms with Crippen LogP contribution in [0.5, 0.6) is 0 Å². The molecule has 32 heavy (non-hydrogen) atoms. The highest BCUT2D eigenvalue weighted by atomic mass is 35.5. The number of hydrogen-bond donors (Lipinski definition) is 0. The Balaban J connectivity index is 1.12. The number of aryl methyl sites for hydroxylation is 1. The van der Waals surface area contributed by atoms with Crippen molar-refractivity contribution in [3.63, 3.8) is 0 Å². The summed E-state index contributed by atoms with van der Waals surface area (Å²) in [4.78, 5) is 17.9. The van der Waals surface area contributed by atoms with Gasteiger partial charge in [-0.05, 0) is 68.1 Å². The van der Waals surface area contributed by atoms with Gasteiger partial charge in [-0.15, -0.1) is 0 Å². The maximum absolute atomic E-state index is 13.0. The Hall–Kier alpha value is -1.30. The minimum atomic E-state index is 0.0155. The van der Waals surface area contributed by atoms with Crippen molar-refractivity contribution in [3.05, 3.63) is 28.8 Å². The molecule has 0 aromatic heterocycles. The number of epoxide rings is 1. The van der Waals surface area contributed by atoms with E-state index in [1.54, 1.807) is 0 Å². The Labute approximate surface area is 196 Å². The summed E-state index contributed by atoms with van der Waals surface area (Å²) in [5.74, 6) is 1.00. The Morgan fingerprint density at radius 2 is 1.97 bits per heavy atom. The molecular weight excluding hydrogens is 424 g/mol. The van der Waals surface area contributed by atoms with E-state index in [0.717, 1.165) is 57.2 Å². The average molecular weight is 459 g/mol. The van der Waals surface area contributed by atoms with E-state index in [1.165, 1.54) is 30.5 Å². The van der Waals surface area contributed by atoms with Crippen molar-refractivity contribution in [1.29, 1.82) is 0 Å². The fourth-order valence-electron chi connectivity index (χ4n) is 7.54. The molecule has 0 bridgehead atoms. The first-order valence-electron chi connectivity index (χ1n) is 12.4. The second-order valence-electron chi connectivity index (χ2n) is 11.3. The van der Waals surface area contributed by atoms with Gasteiger partial charge in [0, 0.05) is 49.4 Å². The molecule has 0 radical (unpaired) electrons. The minimum Gasteiger partial charge on any atom is -0.462 e. The molecule has 0 unspecified atom stereocenters. The number of carbonyl (C=O) groups is 1. The molecule has 6 heteroatoms. The van der Waals surface area contributed by atoms with E-state index in [0.29, 0.717) is 11.8 Å². The van der Waals surface area contributed by atoms with Crippen molar-refractivity contribution in [1.82, 2.24) is 4.90 Å². The summed E-state index contributed by atoms with van der Waals surface area (Å²) in [5.41, 5.74) is 2.88. The fourth-order valence-corrected chi connectivity index (χ4v) is 7.70. The predicted octanol–water partition coefficient (Wildman–Crippen LogP) is 4.30. The lowest BCUT2D eigenvalue weighted by molar-refractivity contribution is -0.147. The van der Waals surface area contributed by atoms with E-state index in [4.69, 9.17) is 21.1 Å². The first kappa shape index (κ1) is 21.2. The number of benzene rings is 1. The average Bonchev–Trinajstić information content (AvgIpc) is 3.47. The Morgan fingerprint density at radius 1 is 1.19 bits per heavy atom. The lowest BCUT2D eigenvalue weighted by atomic mass is 9.53. The van der Waals surface area contributed by atoms with Crippen molar-refractivity contribution in [2.24, 2.45) is 23.2 Å². The predicted molar refractivity (Wildman–Crippen MR) is 125 cm³/mol. The van der Waals surface area contributed by atoms with Crippen LogP contribution in [0.3, 0.4) is 0 Å². The van der Waals surface area contributed by atoms with Gasteiger partial charge in [0.1, 0.15) is 6.10 Å². The van der Waals surface area contributed by atoms with Crippen molar-refractivity contribution < 1.29 is 14.3 Å². The van der Waals surface area contributed by atoms with Gasteiger partial charge in [0.15, 0.2) is 0 Å². The minimum absolute atomic E-state index is 0.0155. The van der Waals surface area contributed by atoms with Gasteiger partial charge in [-0.3, -0.25) is 9.69 Å². The summed E-state index contributed by atoms with van der Waals surface area (Å²) >= 11 is 6.24. The molecule has 0 amide bonds. The smallest absolute Gasteiger partial charge is 0.310 e. The third-order valence-corrected chi connectivity index (χ3v) is 9.65. The quantitative estimate of drug-likeness (QED) is 0.499. The van der Waals surface area contributed by atoms with Gasteiger partial charge in [0.25, 0.3) is 0 Å². The zero-order valence-electron chi connectivity index (χ0n) is 19.3. The van der Waals surface area contributed by atoms with Crippen LogP contribution in [0.2, 0.25) is 5.02 Å². The molecule has 5 fully saturated rings. The molecule has 1 aromatic carbocycles. The van der Waals surface area contributed by atoms with Gasteiger partial charge >= 0.3 is 5.97 Å². The number of halogens is 1. The fraction of sp³-hybridized carbons (Fsp3) is 0.731. The van der Waals surface area contributed by atoms with Crippen molar-refractivity contribution in [2.75, 3.05) is 44.2 Å². The third-order valence-electron chi connectivity index (χ3n) is 9.42. The van der Waals surface area contributed by atoms with Crippen LogP contribution in [0.15, 0.2) is 18.2 Å². The van der Waals surface area contributed by atoms with E-state index in [-0.39, 0.29) is 29.0 Å². The van der Waals surface area contributed by atoms with Crippen molar-refractivity contribution >= 4 is 23.3 Å². The summed E-state index contributed by atoms with van der Waals surface area (Å²) in [6.45, 7) is 10.2. The monoisotopic (exact) mass is 458 g/mol. The lowest BCUT2D eigenvalue weighted by Crippen LogP contribution is -2.52. The molecule has 6 rings (SSSR count). The van der Waals surface area contributed by atoms with E-state index in [9.17, 15) is 4.79 Å². The summed E-state index contributed by atoms with van der Waals surface area (Å²) in [7, 11) is 0. The van der Waals surface area contributed by atoms with Gasteiger partial charge in [-0.25, -0.2) is 0 Å². The number of hydrogen-bond acceptors (Lipinski definition) is 5. The largest absolute Gasteiger partial charge is 0.462 e. The normalized spacial score (nSPS) is 41.3. The van der Waals surface area contributed by atoms with E-state index in [2.05, 4.69) is 35.8 Å². The van der Waals surface area contributed by atoms with Crippen LogP contribution in [0, 0.1) is 30.1 Å². The van der Waals surface area contributed by atoms with E-state index >= 15 is 0 Å². The van der Waals surface area contributed by atoms with Crippen LogP contribution < -0.4 is 4.90 Å². The van der Waals surface area contributed by atoms with Crippen LogP contribution in [-0.4, -0.2) is 61.9 Å². The molecule has 0 N–H and O–H groups in total. The number of esters is 1. The van der Waals surface area contributed by atoms with Crippen LogP contribution in [-0.2, 0) is 14.3 Å². The van der Waals surface area contributed by atoms with Gasteiger partial charge in [0.05, 0.1) is 18.1 Å². The summed E-state index contributed by atoms with van der Waals surface area (Å²) in [6.07, 6.45) is 5.93. The number of nitrogens with zero attached hydrogens (tertiary/aromatic N) is 2. The van der Waals surface area contributed by atoms with Gasteiger partial charge in [0.2, 0.25) is 0 Å². The summed E-state index contributed by atoms with van der Waals surface area (Å²) in [6, 6.07) is 6.12. The number of rotatable bonds is 3. The molecular formula is C26H35ClN2O3. The topological polar surface area (TPSA) is 45.3 Å². The second kappa shape index (κ2) is 7.61. The molecule has 174 valence electrons. The zero-order chi connectivity index (χ0) is 22.1. The van der Waals surface area contributed by atoms with Crippen LogP contribution >= 0.6 is 11.6 Å². The highest BCUT2D eigenvalue weighted by molar-refractivity contribution is 6.30. The molecule has 6 atom stereocenters. The first-order valence-corrected chi connectivity index (χ1v) is 12.8. The standard InChI is InChI=1S/C26H35ClN2O3/c1-17-4-5-18(27)12-21(17)29-10-8-28(9-11-29)15-20-19-13-23-25(2,14-22(19)32-24(20)30)6-3-7-26(23)16-31-26/h4-5,12,19-20,22-23H,3,6-11,13-16H2,1-2H3/t19-,20-,22+,23-,25+,26-/m0/s1. The number of piperazine rings is 1. The molecule has 3 saturated heterocycles. The molecule has 1 aromatic rings. The Morgan fingerprint density at radius 3 is 2.72 bits per heavy atom. The van der Waals surface area contributed by atoms with E-state index < -0.39 is 0 Å². The Kier molecular flexibility index (Phi) is 5.05. The Bertz CT molecular complexity index is 910. The maximum atomic E-state index is 13.0. The molecule has 2 aliphatic carbocycles. The lowest BCUT2D eigenvalue weighted by Gasteiger charge is -2.51. The van der Waals surface area contributed by atoms with Crippen molar-refractivity contribution in [3.8, 4) is 0 Å². The molecule has 5 aliphatic rings. The summed E-state index contributed by atoms with van der Waals surface area (Å²) in [5, 5.41) is 0.789. The number of fused-ring (bicyclic) bond motifs is 3. The highest BCUT2D eigenvalue weighted by Crippen LogP contribution is 2.62. The van der Waals surface area contributed by atoms with Gasteiger partial charge in [-0.1, -0.05) is 24.6 Å². The van der Waals surface area contributed by atoms with Crippen molar-refractivity contribution in [2.45, 2.75) is 57.7 Å². The van der Waals surface area contributed by atoms with Crippen LogP contribution in [0.1, 0.15) is 44.6 Å². The highest BCUT2D eigenvalue weighted by Gasteiger charge is 2.65. The molecule has 5 nitrogen and oxygen atoms in total. The number of carbonyl (C=O) groups excluding carboxylic acids is 1. The number of ether oxygens (including phenoxy) is 2. The van der Waals surface area contributed by atoms with Gasteiger partial charge < -0.3 is 14.4 Å². The van der Waals surface area contributed by atoms with Gasteiger partial charge in [-0.2, -0.15) is 0 Å². The number of anilines is 1. The van der Waals surface area contributed by atoms with Crippen LogP contribution in [0.25, 0.3) is 0 Å². The zero-order valence-corrected chi connectivity index (χ0v) is 20.1. The molecule has 3 heterocycles. The maximum Gasteiger partial charge on any atom is 0.310 e. The first-order chi connectivity index (χ1) is 15.4.